The van der Waals surface area contributed by atoms with Crippen molar-refractivity contribution in [1.29, 1.82) is 5.26 Å². The van der Waals surface area contributed by atoms with Crippen molar-refractivity contribution in [3.05, 3.63) is 92.7 Å². The van der Waals surface area contributed by atoms with Gasteiger partial charge in [0.05, 0.1) is 33.7 Å². The Labute approximate surface area is 188 Å². The van der Waals surface area contributed by atoms with Crippen LogP contribution in [0, 0.1) is 21.4 Å². The first-order chi connectivity index (χ1) is 15.5. The summed E-state index contributed by atoms with van der Waals surface area (Å²) in [7, 11) is 0. The highest BCUT2D eigenvalue weighted by Gasteiger charge is 2.60. The maximum atomic E-state index is 13.4. The van der Waals surface area contributed by atoms with Crippen LogP contribution < -0.4 is 5.01 Å². The number of hydrogen-bond donors (Lipinski definition) is 0. The van der Waals surface area contributed by atoms with Crippen LogP contribution in [0.5, 0.6) is 0 Å². The molecule has 0 amide bonds. The molecule has 0 spiro atoms. The van der Waals surface area contributed by atoms with Crippen LogP contribution in [-0.4, -0.2) is 28.8 Å². The number of nitrogens with zero attached hydrogens (tertiary/aromatic N) is 4. The standard InChI is InChI=1S/C23H18N4O4S/c1-2-31-22(28)23(15-24)20(16-7-4-3-5-8-16)21(19-9-6-14-32-19)25-26(23)17-10-12-18(13-11-17)27(29)30/h3-14,20H,2H2,1H3/t20-,23+/m1/s1. The predicted molar refractivity (Wildman–Crippen MR) is 121 cm³/mol. The van der Waals surface area contributed by atoms with E-state index in [2.05, 4.69) is 6.07 Å². The minimum absolute atomic E-state index is 0.0895. The summed E-state index contributed by atoms with van der Waals surface area (Å²) in [6, 6.07) is 20.8. The zero-order valence-corrected chi connectivity index (χ0v) is 17.9. The lowest BCUT2D eigenvalue weighted by Gasteiger charge is -2.33. The number of nitro groups is 1. The summed E-state index contributed by atoms with van der Waals surface area (Å²) in [6.07, 6.45) is 0. The molecule has 2 atom stereocenters. The molecular weight excluding hydrogens is 428 g/mol. The lowest BCUT2D eigenvalue weighted by molar-refractivity contribution is -0.384. The fraction of sp³-hybridized carbons (Fsp3) is 0.174. The first-order valence-electron chi connectivity index (χ1n) is 9.83. The van der Waals surface area contributed by atoms with Gasteiger partial charge >= 0.3 is 5.97 Å². The Morgan fingerprint density at radius 3 is 2.50 bits per heavy atom. The van der Waals surface area contributed by atoms with Crippen molar-refractivity contribution in [2.45, 2.75) is 18.4 Å². The Kier molecular flexibility index (Phi) is 5.71. The van der Waals surface area contributed by atoms with Crippen molar-refractivity contribution in [2.24, 2.45) is 5.10 Å². The molecule has 0 radical (unpaired) electrons. The fourth-order valence-electron chi connectivity index (χ4n) is 3.80. The molecule has 1 aliphatic heterocycles. The topological polar surface area (TPSA) is 109 Å². The molecule has 0 saturated heterocycles. The van der Waals surface area contributed by atoms with Gasteiger partial charge in [-0.1, -0.05) is 36.4 Å². The first kappa shape index (κ1) is 21.2. The lowest BCUT2D eigenvalue weighted by atomic mass is 9.77. The summed E-state index contributed by atoms with van der Waals surface area (Å²) in [4.78, 5) is 24.8. The first-order valence-corrected chi connectivity index (χ1v) is 10.7. The van der Waals surface area contributed by atoms with E-state index < -0.39 is 22.3 Å². The summed E-state index contributed by atoms with van der Waals surface area (Å²) in [5, 5.41) is 29.5. The van der Waals surface area contributed by atoms with Crippen molar-refractivity contribution in [1.82, 2.24) is 0 Å². The van der Waals surface area contributed by atoms with Crippen molar-refractivity contribution >= 4 is 34.4 Å². The minimum atomic E-state index is -1.83. The van der Waals surface area contributed by atoms with Gasteiger partial charge in [-0.15, -0.1) is 11.3 Å². The molecule has 4 rings (SSSR count). The van der Waals surface area contributed by atoms with Gasteiger partial charge in [0.1, 0.15) is 6.07 Å². The quantitative estimate of drug-likeness (QED) is 0.314. The second kappa shape index (κ2) is 8.61. The Bertz CT molecular complexity index is 1200. The number of esters is 1. The van der Waals surface area contributed by atoms with Gasteiger partial charge in [0.15, 0.2) is 0 Å². The van der Waals surface area contributed by atoms with Crippen LogP contribution in [0.4, 0.5) is 11.4 Å². The van der Waals surface area contributed by atoms with Crippen LogP contribution in [0.3, 0.4) is 0 Å². The highest BCUT2D eigenvalue weighted by Crippen LogP contribution is 2.46. The molecule has 160 valence electrons. The zero-order chi connectivity index (χ0) is 22.7. The van der Waals surface area contributed by atoms with Crippen LogP contribution in [0.2, 0.25) is 0 Å². The van der Waals surface area contributed by atoms with Gasteiger partial charge in [0, 0.05) is 12.1 Å². The third-order valence-corrected chi connectivity index (χ3v) is 6.09. The van der Waals surface area contributed by atoms with Crippen molar-refractivity contribution in [2.75, 3.05) is 11.6 Å². The fourth-order valence-corrected chi connectivity index (χ4v) is 4.55. The van der Waals surface area contributed by atoms with Gasteiger partial charge in [0.2, 0.25) is 0 Å². The maximum Gasteiger partial charge on any atom is 0.350 e. The lowest BCUT2D eigenvalue weighted by Crippen LogP contribution is -2.54. The molecule has 2 heterocycles. The molecule has 0 unspecified atom stereocenters. The number of carbonyl (C=O) groups is 1. The van der Waals surface area contributed by atoms with Crippen LogP contribution in [0.15, 0.2) is 77.2 Å². The Morgan fingerprint density at radius 2 is 1.94 bits per heavy atom. The number of anilines is 1. The number of non-ortho nitro benzene ring substituents is 1. The number of nitro benzene ring substituents is 1. The van der Waals surface area contributed by atoms with Crippen molar-refractivity contribution in [3.63, 3.8) is 0 Å². The summed E-state index contributed by atoms with van der Waals surface area (Å²) in [6.45, 7) is 1.76. The van der Waals surface area contributed by atoms with Crippen LogP contribution in [0.25, 0.3) is 0 Å². The molecular formula is C23H18N4O4S. The molecule has 1 aromatic heterocycles. The largest absolute Gasteiger partial charge is 0.463 e. The molecule has 32 heavy (non-hydrogen) atoms. The van der Waals surface area contributed by atoms with Crippen molar-refractivity contribution in [3.8, 4) is 6.07 Å². The number of hydrazone groups is 1. The molecule has 3 aromatic rings. The summed E-state index contributed by atoms with van der Waals surface area (Å²) < 4.78 is 5.37. The third kappa shape index (κ3) is 3.40. The number of nitriles is 1. The Balaban J connectivity index is 1.96. The van der Waals surface area contributed by atoms with E-state index in [4.69, 9.17) is 9.84 Å². The number of thiophene rings is 1. The monoisotopic (exact) mass is 446 g/mol. The van der Waals surface area contributed by atoms with Gasteiger partial charge in [-0.3, -0.25) is 10.1 Å². The van der Waals surface area contributed by atoms with E-state index in [-0.39, 0.29) is 12.3 Å². The molecule has 0 fully saturated rings. The summed E-state index contributed by atoms with van der Waals surface area (Å²) in [5.74, 6) is -1.47. The van der Waals surface area contributed by atoms with E-state index in [9.17, 15) is 20.2 Å². The van der Waals surface area contributed by atoms with E-state index in [0.717, 1.165) is 10.4 Å². The molecule has 2 aromatic carbocycles. The second-order valence-electron chi connectivity index (χ2n) is 6.99. The smallest absolute Gasteiger partial charge is 0.350 e. The molecule has 0 N–H and O–H groups in total. The average Bonchev–Trinajstić information content (AvgIpc) is 3.46. The molecule has 1 aliphatic rings. The summed E-state index contributed by atoms with van der Waals surface area (Å²) >= 11 is 1.45. The van der Waals surface area contributed by atoms with E-state index in [1.54, 1.807) is 6.92 Å². The van der Waals surface area contributed by atoms with Gasteiger partial charge in [-0.2, -0.15) is 10.4 Å². The zero-order valence-electron chi connectivity index (χ0n) is 17.0. The van der Waals surface area contributed by atoms with E-state index in [1.807, 2.05) is 47.8 Å². The maximum absolute atomic E-state index is 13.4. The average molecular weight is 446 g/mol. The third-order valence-electron chi connectivity index (χ3n) is 5.20. The number of ether oxygens (including phenoxy) is 1. The predicted octanol–water partition coefficient (Wildman–Crippen LogP) is 4.49. The van der Waals surface area contributed by atoms with Crippen LogP contribution in [-0.2, 0) is 9.53 Å². The molecule has 0 aliphatic carbocycles. The summed E-state index contributed by atoms with van der Waals surface area (Å²) in [5.41, 5.74) is -0.267. The normalized spacial score (nSPS) is 19.8. The number of benzene rings is 2. The Hall–Kier alpha value is -4.03. The number of hydrogen-bond acceptors (Lipinski definition) is 8. The highest BCUT2D eigenvalue weighted by molar-refractivity contribution is 7.12. The molecule has 0 saturated carbocycles. The molecule has 8 nitrogen and oxygen atoms in total. The molecule has 0 bridgehead atoms. The van der Waals surface area contributed by atoms with Gasteiger partial charge in [0.25, 0.3) is 11.2 Å². The second-order valence-corrected chi connectivity index (χ2v) is 7.94. The number of carbonyl (C=O) groups excluding carboxylic acids is 1. The van der Waals surface area contributed by atoms with Crippen LogP contribution in [0.1, 0.15) is 23.3 Å². The highest BCUT2D eigenvalue weighted by atomic mass is 32.1. The van der Waals surface area contributed by atoms with E-state index in [1.165, 1.54) is 40.6 Å². The minimum Gasteiger partial charge on any atom is -0.463 e. The van der Waals surface area contributed by atoms with Gasteiger partial charge < -0.3 is 4.74 Å². The number of rotatable bonds is 6. The van der Waals surface area contributed by atoms with E-state index in [0.29, 0.717) is 11.4 Å². The molecule has 9 heteroatoms. The Morgan fingerprint density at radius 1 is 1.22 bits per heavy atom. The SMILES string of the molecule is CCOC(=O)[C@]1(C#N)[C@H](c2ccccc2)C(c2cccs2)=NN1c1ccc([N+](=O)[O-])cc1. The van der Waals surface area contributed by atoms with Crippen molar-refractivity contribution < 1.29 is 14.5 Å². The van der Waals surface area contributed by atoms with E-state index >= 15 is 0 Å². The van der Waals surface area contributed by atoms with Gasteiger partial charge in [-0.25, -0.2) is 9.80 Å². The van der Waals surface area contributed by atoms with Crippen LogP contribution >= 0.6 is 11.3 Å². The van der Waals surface area contributed by atoms with Gasteiger partial charge in [-0.05, 0) is 36.1 Å².